The monoisotopic (exact) mass is 164 g/mol. The molecule has 0 radical (unpaired) electrons. The molecule has 3 aliphatic carbocycles. The Bertz CT molecular complexity index is 257. The van der Waals surface area contributed by atoms with Gasteiger partial charge in [0.15, 0.2) is 0 Å². The maximum absolute atomic E-state index is 11.3. The van der Waals surface area contributed by atoms with E-state index in [1.165, 1.54) is 12.8 Å². The Morgan fingerprint density at radius 1 is 1.25 bits per heavy atom. The van der Waals surface area contributed by atoms with Gasteiger partial charge in [0.25, 0.3) is 0 Å². The Labute approximate surface area is 71.6 Å². The van der Waals surface area contributed by atoms with E-state index >= 15 is 0 Å². The zero-order chi connectivity index (χ0) is 8.13. The molecule has 2 fully saturated rings. The molecule has 4 rings (SSSR count). The second kappa shape index (κ2) is 2.12. The maximum Gasteiger partial charge on any atom is 0.309 e. The van der Waals surface area contributed by atoms with Gasteiger partial charge >= 0.3 is 5.97 Å². The number of carbonyl (C=O) groups is 1. The van der Waals surface area contributed by atoms with Crippen molar-refractivity contribution in [1.82, 2.24) is 0 Å². The molecule has 1 aliphatic heterocycles. The molecule has 64 valence electrons. The predicted molar refractivity (Wildman–Crippen MR) is 43.3 cm³/mol. The topological polar surface area (TPSA) is 26.3 Å². The Morgan fingerprint density at radius 3 is 2.67 bits per heavy atom. The summed E-state index contributed by atoms with van der Waals surface area (Å²) < 4.78 is 5.10. The zero-order valence-electron chi connectivity index (χ0n) is 6.90. The number of hydrogen-bond donors (Lipinski definition) is 0. The van der Waals surface area contributed by atoms with E-state index in [-0.39, 0.29) is 11.9 Å². The molecule has 12 heavy (non-hydrogen) atoms. The van der Waals surface area contributed by atoms with Crippen LogP contribution in [0, 0.1) is 23.7 Å². The fourth-order valence-electron chi connectivity index (χ4n) is 2.95. The van der Waals surface area contributed by atoms with Crippen molar-refractivity contribution in [3.63, 3.8) is 0 Å². The Balaban J connectivity index is 2.01. The van der Waals surface area contributed by atoms with Crippen LogP contribution in [0.5, 0.6) is 0 Å². The first-order valence-electron chi connectivity index (χ1n) is 4.71. The lowest BCUT2D eigenvalue weighted by molar-refractivity contribution is -0.142. The van der Waals surface area contributed by atoms with Gasteiger partial charge in [-0.15, -0.1) is 0 Å². The molecule has 2 unspecified atom stereocenters. The van der Waals surface area contributed by atoms with Gasteiger partial charge in [0, 0.05) is 5.92 Å². The van der Waals surface area contributed by atoms with Crippen LogP contribution in [-0.4, -0.2) is 12.6 Å². The smallest absolute Gasteiger partial charge is 0.309 e. The standard InChI is InChI=1S/C10H12O2/c11-10-9-7-3-1-6(2-4-7)8(9)5-12-10/h1,3,6-9H,2,4-5H2/t6?,7?,8-,9+/m0/s1. The van der Waals surface area contributed by atoms with Crippen molar-refractivity contribution in [3.8, 4) is 0 Å². The summed E-state index contributed by atoms with van der Waals surface area (Å²) in [7, 11) is 0. The van der Waals surface area contributed by atoms with Crippen molar-refractivity contribution in [2.24, 2.45) is 23.7 Å². The van der Waals surface area contributed by atoms with Gasteiger partial charge in [-0.2, -0.15) is 0 Å². The SMILES string of the molecule is O=C1OC[C@H]2C3C=CC(CC3)[C@@H]12. The molecule has 0 amide bonds. The van der Waals surface area contributed by atoms with Crippen molar-refractivity contribution >= 4 is 5.97 Å². The second-order valence-electron chi connectivity index (χ2n) is 4.11. The Hall–Kier alpha value is -0.790. The van der Waals surface area contributed by atoms with Gasteiger partial charge in [-0.3, -0.25) is 4.79 Å². The first-order valence-corrected chi connectivity index (χ1v) is 4.71. The van der Waals surface area contributed by atoms with Crippen LogP contribution in [0.2, 0.25) is 0 Å². The van der Waals surface area contributed by atoms with Gasteiger partial charge in [-0.05, 0) is 24.7 Å². The van der Waals surface area contributed by atoms with Crippen LogP contribution in [0.15, 0.2) is 12.2 Å². The number of allylic oxidation sites excluding steroid dienone is 2. The molecule has 0 spiro atoms. The zero-order valence-corrected chi connectivity index (χ0v) is 6.90. The van der Waals surface area contributed by atoms with Crippen LogP contribution in [0.3, 0.4) is 0 Å². The Morgan fingerprint density at radius 2 is 2.00 bits per heavy atom. The van der Waals surface area contributed by atoms with Gasteiger partial charge in [-0.1, -0.05) is 12.2 Å². The number of ether oxygens (including phenoxy) is 1. The third-order valence-electron chi connectivity index (χ3n) is 3.60. The van der Waals surface area contributed by atoms with Gasteiger partial charge in [0.05, 0.1) is 12.5 Å². The average molecular weight is 164 g/mol. The van der Waals surface area contributed by atoms with Crippen LogP contribution < -0.4 is 0 Å². The summed E-state index contributed by atoms with van der Waals surface area (Å²) in [5, 5.41) is 0. The van der Waals surface area contributed by atoms with Crippen molar-refractivity contribution in [2.75, 3.05) is 6.61 Å². The Kier molecular flexibility index (Phi) is 1.18. The number of esters is 1. The molecule has 2 nitrogen and oxygen atoms in total. The van der Waals surface area contributed by atoms with E-state index in [4.69, 9.17) is 4.74 Å². The fraction of sp³-hybridized carbons (Fsp3) is 0.700. The normalized spacial score (nSPS) is 49.2. The molecule has 0 N–H and O–H groups in total. The average Bonchev–Trinajstić information content (AvgIpc) is 2.53. The molecule has 2 heteroatoms. The lowest BCUT2D eigenvalue weighted by Crippen LogP contribution is -2.37. The molecule has 0 aromatic heterocycles. The third-order valence-corrected chi connectivity index (χ3v) is 3.60. The van der Waals surface area contributed by atoms with Crippen LogP contribution in [-0.2, 0) is 9.53 Å². The van der Waals surface area contributed by atoms with E-state index in [9.17, 15) is 4.79 Å². The molecule has 0 aromatic rings. The summed E-state index contributed by atoms with van der Waals surface area (Å²) in [5.41, 5.74) is 0. The lowest BCUT2D eigenvalue weighted by Gasteiger charge is -2.38. The minimum Gasteiger partial charge on any atom is -0.465 e. The van der Waals surface area contributed by atoms with E-state index in [2.05, 4.69) is 12.2 Å². The number of rotatable bonds is 0. The summed E-state index contributed by atoms with van der Waals surface area (Å²) in [6, 6.07) is 0. The summed E-state index contributed by atoms with van der Waals surface area (Å²) >= 11 is 0. The number of cyclic esters (lactones) is 1. The van der Waals surface area contributed by atoms with Gasteiger partial charge in [0.1, 0.15) is 0 Å². The summed E-state index contributed by atoms with van der Waals surface area (Å²) in [5.74, 6) is 1.91. The summed E-state index contributed by atoms with van der Waals surface area (Å²) in [6.45, 7) is 0.676. The molecule has 1 heterocycles. The highest BCUT2D eigenvalue weighted by atomic mass is 16.5. The molecule has 1 saturated heterocycles. The second-order valence-corrected chi connectivity index (χ2v) is 4.11. The first kappa shape index (κ1) is 6.70. The van der Waals surface area contributed by atoms with Crippen LogP contribution in [0.1, 0.15) is 12.8 Å². The van der Waals surface area contributed by atoms with E-state index < -0.39 is 0 Å². The molecule has 4 atom stereocenters. The van der Waals surface area contributed by atoms with Crippen LogP contribution in [0.25, 0.3) is 0 Å². The van der Waals surface area contributed by atoms with Gasteiger partial charge in [-0.25, -0.2) is 0 Å². The van der Waals surface area contributed by atoms with Crippen molar-refractivity contribution in [3.05, 3.63) is 12.2 Å². The lowest BCUT2D eigenvalue weighted by atomic mass is 9.63. The number of carbonyl (C=O) groups excluding carboxylic acids is 1. The summed E-state index contributed by atoms with van der Waals surface area (Å²) in [6.07, 6.45) is 6.97. The molecule has 0 aromatic carbocycles. The predicted octanol–water partition coefficient (Wildman–Crippen LogP) is 1.37. The van der Waals surface area contributed by atoms with Crippen LogP contribution >= 0.6 is 0 Å². The minimum atomic E-state index is 0.0547. The molecular weight excluding hydrogens is 152 g/mol. The quantitative estimate of drug-likeness (QED) is 0.399. The highest BCUT2D eigenvalue weighted by Gasteiger charge is 2.49. The molecule has 4 aliphatic rings. The van der Waals surface area contributed by atoms with Gasteiger partial charge in [0.2, 0.25) is 0 Å². The molecule has 1 saturated carbocycles. The van der Waals surface area contributed by atoms with Gasteiger partial charge < -0.3 is 4.74 Å². The largest absolute Gasteiger partial charge is 0.465 e. The third kappa shape index (κ3) is 0.680. The first-order chi connectivity index (χ1) is 5.86. The van der Waals surface area contributed by atoms with Crippen molar-refractivity contribution in [1.29, 1.82) is 0 Å². The minimum absolute atomic E-state index is 0.0547. The highest BCUT2D eigenvalue weighted by Crippen LogP contribution is 2.47. The maximum atomic E-state index is 11.3. The highest BCUT2D eigenvalue weighted by molar-refractivity contribution is 5.76. The van der Waals surface area contributed by atoms with E-state index in [1.54, 1.807) is 0 Å². The fourth-order valence-corrected chi connectivity index (χ4v) is 2.95. The summed E-state index contributed by atoms with van der Waals surface area (Å²) in [4.78, 5) is 11.3. The molecular formula is C10H12O2. The van der Waals surface area contributed by atoms with E-state index in [0.29, 0.717) is 24.4 Å². The molecule has 2 bridgehead atoms. The number of fused-ring (bicyclic) bond motifs is 1. The van der Waals surface area contributed by atoms with Crippen LogP contribution in [0.4, 0.5) is 0 Å². The van der Waals surface area contributed by atoms with E-state index in [0.717, 1.165) is 0 Å². The number of hydrogen-bond acceptors (Lipinski definition) is 2. The van der Waals surface area contributed by atoms with Crippen molar-refractivity contribution < 1.29 is 9.53 Å². The van der Waals surface area contributed by atoms with Crippen molar-refractivity contribution in [2.45, 2.75) is 12.8 Å². The van der Waals surface area contributed by atoms with E-state index in [1.807, 2.05) is 0 Å².